The molecule has 2 fully saturated rings. The molecule has 1 aliphatic heterocycles. The second-order valence-electron chi connectivity index (χ2n) is 6.02. The van der Waals surface area contributed by atoms with E-state index in [1.165, 1.54) is 38.5 Å². The maximum absolute atomic E-state index is 5.51. The molecule has 0 radical (unpaired) electrons. The highest BCUT2D eigenvalue weighted by Gasteiger charge is 2.37. The SMILES string of the molecule is CNc1ncnc(N2CCC3(CCCC3)CC2)c1OC. The molecule has 0 aromatic carbocycles. The van der Waals surface area contributed by atoms with E-state index in [-0.39, 0.29) is 0 Å². The van der Waals surface area contributed by atoms with Gasteiger partial charge in [0.25, 0.3) is 0 Å². The second kappa shape index (κ2) is 5.46. The summed E-state index contributed by atoms with van der Waals surface area (Å²) in [6, 6.07) is 0. The highest BCUT2D eigenvalue weighted by atomic mass is 16.5. The van der Waals surface area contributed by atoms with E-state index in [1.54, 1.807) is 13.4 Å². The molecule has 1 spiro atoms. The highest BCUT2D eigenvalue weighted by Crippen LogP contribution is 2.47. The van der Waals surface area contributed by atoms with E-state index in [0.29, 0.717) is 5.41 Å². The van der Waals surface area contributed by atoms with Crippen LogP contribution in [0.15, 0.2) is 6.33 Å². The fraction of sp³-hybridized carbons (Fsp3) is 0.733. The van der Waals surface area contributed by atoms with E-state index in [4.69, 9.17) is 4.74 Å². The van der Waals surface area contributed by atoms with Gasteiger partial charge in [0.2, 0.25) is 5.75 Å². The van der Waals surface area contributed by atoms with Crippen LogP contribution in [0.5, 0.6) is 5.75 Å². The molecule has 3 rings (SSSR count). The molecule has 0 unspecified atom stereocenters. The zero-order valence-electron chi connectivity index (χ0n) is 12.5. The van der Waals surface area contributed by atoms with E-state index in [0.717, 1.165) is 30.5 Å². The lowest BCUT2D eigenvalue weighted by molar-refractivity contribution is 0.225. The van der Waals surface area contributed by atoms with Crippen molar-refractivity contribution in [1.29, 1.82) is 0 Å². The number of anilines is 2. The molecule has 1 aliphatic carbocycles. The van der Waals surface area contributed by atoms with Crippen molar-refractivity contribution in [2.45, 2.75) is 38.5 Å². The van der Waals surface area contributed by atoms with Gasteiger partial charge in [-0.1, -0.05) is 12.8 Å². The standard InChI is InChI=1S/C15H24N4O/c1-16-13-12(20-2)14(18-11-17-13)19-9-7-15(8-10-19)5-3-4-6-15/h11H,3-10H2,1-2H3,(H,16,17,18). The van der Waals surface area contributed by atoms with Gasteiger partial charge < -0.3 is 15.0 Å². The van der Waals surface area contributed by atoms with Crippen molar-refractivity contribution in [3.8, 4) is 5.75 Å². The largest absolute Gasteiger partial charge is 0.490 e. The topological polar surface area (TPSA) is 50.3 Å². The smallest absolute Gasteiger partial charge is 0.204 e. The van der Waals surface area contributed by atoms with Crippen LogP contribution in [0.1, 0.15) is 38.5 Å². The van der Waals surface area contributed by atoms with Crippen molar-refractivity contribution in [3.05, 3.63) is 6.33 Å². The molecule has 1 aromatic heterocycles. The zero-order chi connectivity index (χ0) is 14.0. The molecule has 1 saturated heterocycles. The lowest BCUT2D eigenvalue weighted by Gasteiger charge is -2.40. The van der Waals surface area contributed by atoms with Gasteiger partial charge in [0.1, 0.15) is 6.33 Å². The minimum Gasteiger partial charge on any atom is -0.490 e. The Hall–Kier alpha value is -1.52. The number of nitrogens with one attached hydrogen (secondary N) is 1. The Labute approximate surface area is 120 Å². The average molecular weight is 276 g/mol. The van der Waals surface area contributed by atoms with Crippen LogP contribution in [-0.2, 0) is 0 Å². The van der Waals surface area contributed by atoms with Crippen molar-refractivity contribution < 1.29 is 4.74 Å². The first-order valence-electron chi connectivity index (χ1n) is 7.60. The van der Waals surface area contributed by atoms with Crippen LogP contribution in [0.4, 0.5) is 11.6 Å². The Morgan fingerprint density at radius 3 is 2.45 bits per heavy atom. The third-order valence-electron chi connectivity index (χ3n) is 5.01. The number of rotatable bonds is 3. The van der Waals surface area contributed by atoms with Crippen LogP contribution in [0.3, 0.4) is 0 Å². The summed E-state index contributed by atoms with van der Waals surface area (Å²) in [6.07, 6.45) is 9.86. The molecule has 1 aromatic rings. The van der Waals surface area contributed by atoms with Crippen molar-refractivity contribution in [2.75, 3.05) is 37.5 Å². The van der Waals surface area contributed by atoms with Crippen LogP contribution in [0.25, 0.3) is 0 Å². The summed E-state index contributed by atoms with van der Waals surface area (Å²) in [4.78, 5) is 11.0. The Balaban J connectivity index is 1.77. The number of nitrogens with zero attached hydrogens (tertiary/aromatic N) is 3. The second-order valence-corrected chi connectivity index (χ2v) is 6.02. The Bertz CT molecular complexity index is 461. The van der Waals surface area contributed by atoms with Crippen molar-refractivity contribution in [3.63, 3.8) is 0 Å². The third-order valence-corrected chi connectivity index (χ3v) is 5.01. The first-order valence-corrected chi connectivity index (χ1v) is 7.60. The molecule has 0 amide bonds. The van der Waals surface area contributed by atoms with Gasteiger partial charge in [0, 0.05) is 20.1 Å². The molecule has 0 bridgehead atoms. The minimum absolute atomic E-state index is 0.628. The number of piperidine rings is 1. The van der Waals surface area contributed by atoms with Crippen LogP contribution in [-0.4, -0.2) is 37.2 Å². The highest BCUT2D eigenvalue weighted by molar-refractivity contribution is 5.64. The molecule has 5 heteroatoms. The molecule has 2 aliphatic rings. The zero-order valence-corrected chi connectivity index (χ0v) is 12.5. The molecule has 110 valence electrons. The Kier molecular flexibility index (Phi) is 3.68. The predicted octanol–water partition coefficient (Wildman–Crippen LogP) is 2.69. The lowest BCUT2D eigenvalue weighted by atomic mass is 9.77. The lowest BCUT2D eigenvalue weighted by Crippen LogP contribution is -2.39. The third kappa shape index (κ3) is 2.30. The van der Waals surface area contributed by atoms with Crippen LogP contribution >= 0.6 is 0 Å². The Morgan fingerprint density at radius 1 is 1.15 bits per heavy atom. The van der Waals surface area contributed by atoms with E-state index in [9.17, 15) is 0 Å². The van der Waals surface area contributed by atoms with Gasteiger partial charge in [-0.25, -0.2) is 9.97 Å². The number of ether oxygens (including phenoxy) is 1. The monoisotopic (exact) mass is 276 g/mol. The summed E-state index contributed by atoms with van der Waals surface area (Å²) < 4.78 is 5.51. The summed E-state index contributed by atoms with van der Waals surface area (Å²) in [5.74, 6) is 2.45. The number of methoxy groups -OCH3 is 1. The van der Waals surface area contributed by atoms with E-state index in [1.807, 2.05) is 7.05 Å². The van der Waals surface area contributed by atoms with Crippen molar-refractivity contribution in [2.24, 2.45) is 5.41 Å². The van der Waals surface area contributed by atoms with Crippen molar-refractivity contribution in [1.82, 2.24) is 9.97 Å². The van der Waals surface area contributed by atoms with Gasteiger partial charge in [-0.05, 0) is 31.1 Å². The van der Waals surface area contributed by atoms with Gasteiger partial charge >= 0.3 is 0 Å². The van der Waals surface area contributed by atoms with Gasteiger partial charge in [-0.15, -0.1) is 0 Å². The molecule has 5 nitrogen and oxygen atoms in total. The van der Waals surface area contributed by atoms with Gasteiger partial charge in [-0.3, -0.25) is 0 Å². The van der Waals surface area contributed by atoms with Crippen LogP contribution in [0.2, 0.25) is 0 Å². The van der Waals surface area contributed by atoms with Gasteiger partial charge in [0.05, 0.1) is 7.11 Å². The molecule has 20 heavy (non-hydrogen) atoms. The maximum Gasteiger partial charge on any atom is 0.204 e. The molecule has 1 N–H and O–H groups in total. The van der Waals surface area contributed by atoms with Crippen LogP contribution < -0.4 is 15.0 Å². The van der Waals surface area contributed by atoms with E-state index in [2.05, 4.69) is 20.2 Å². The van der Waals surface area contributed by atoms with Gasteiger partial charge in [-0.2, -0.15) is 0 Å². The summed E-state index contributed by atoms with van der Waals surface area (Å²) >= 11 is 0. The average Bonchev–Trinajstić information content (AvgIpc) is 2.95. The maximum atomic E-state index is 5.51. The molecule has 1 saturated carbocycles. The molecular weight excluding hydrogens is 252 g/mol. The fourth-order valence-corrected chi connectivity index (χ4v) is 3.77. The quantitative estimate of drug-likeness (QED) is 0.920. The van der Waals surface area contributed by atoms with E-state index >= 15 is 0 Å². The van der Waals surface area contributed by atoms with Crippen LogP contribution in [0, 0.1) is 5.41 Å². The van der Waals surface area contributed by atoms with E-state index < -0.39 is 0 Å². The number of aromatic nitrogens is 2. The predicted molar refractivity (Wildman–Crippen MR) is 80.5 cm³/mol. The number of hydrogen-bond donors (Lipinski definition) is 1. The fourth-order valence-electron chi connectivity index (χ4n) is 3.77. The summed E-state index contributed by atoms with van der Waals surface area (Å²) in [5, 5.41) is 3.07. The normalized spacial score (nSPS) is 21.2. The summed E-state index contributed by atoms with van der Waals surface area (Å²) in [6.45, 7) is 2.16. The Morgan fingerprint density at radius 2 is 1.85 bits per heavy atom. The van der Waals surface area contributed by atoms with Gasteiger partial charge in [0.15, 0.2) is 11.6 Å². The first kappa shape index (κ1) is 13.5. The molecule has 0 atom stereocenters. The molecular formula is C15H24N4O. The first-order chi connectivity index (χ1) is 9.78. The minimum atomic E-state index is 0.628. The van der Waals surface area contributed by atoms with Crippen molar-refractivity contribution >= 4 is 11.6 Å². The molecule has 2 heterocycles. The summed E-state index contributed by atoms with van der Waals surface area (Å²) in [7, 11) is 3.55. The summed E-state index contributed by atoms with van der Waals surface area (Å²) in [5.41, 5.74) is 0.628. The number of hydrogen-bond acceptors (Lipinski definition) is 5.